The third kappa shape index (κ3) is 6.98. The van der Waals surface area contributed by atoms with Gasteiger partial charge in [-0.25, -0.2) is 0 Å². The molecule has 0 unspecified atom stereocenters. The van der Waals surface area contributed by atoms with Crippen molar-refractivity contribution in [1.82, 2.24) is 0 Å². The Morgan fingerprint density at radius 3 is 0.946 bits per heavy atom. The van der Waals surface area contributed by atoms with Crippen molar-refractivity contribution in [2.45, 2.75) is 32.1 Å². The zero-order valence-electron chi connectivity index (χ0n) is 21.1. The lowest BCUT2D eigenvalue weighted by Crippen LogP contribution is -2.13. The number of allylic oxidation sites excluding steroid dienone is 2. The largest absolute Gasteiger partial charge is 0.309 e. The highest BCUT2D eigenvalue weighted by atomic mass is 31.2. The van der Waals surface area contributed by atoms with Gasteiger partial charge >= 0.3 is 0 Å². The molecule has 0 aliphatic heterocycles. The van der Waals surface area contributed by atoms with Crippen molar-refractivity contribution in [2.24, 2.45) is 0 Å². The summed E-state index contributed by atoms with van der Waals surface area (Å²) in [5.74, 6) is 3.85. The van der Waals surface area contributed by atoms with E-state index in [1.807, 2.05) is 133 Å². The lowest BCUT2D eigenvalue weighted by atomic mass is 10.1. The summed E-state index contributed by atoms with van der Waals surface area (Å²) in [4.78, 5) is 0. The van der Waals surface area contributed by atoms with Crippen LogP contribution in [0, 0.1) is 0 Å². The molecule has 0 aromatic heterocycles. The summed E-state index contributed by atoms with van der Waals surface area (Å²) in [6, 6.07) is 39.0. The molecule has 0 N–H and O–H groups in total. The molecule has 0 bridgehead atoms. The maximum Gasteiger partial charge on any atom is 0.163 e. The first-order valence-electron chi connectivity index (χ1n) is 12.9. The summed E-state index contributed by atoms with van der Waals surface area (Å²) in [5.41, 5.74) is 0. The first-order chi connectivity index (χ1) is 18.1. The zero-order valence-corrected chi connectivity index (χ0v) is 22.9. The first-order valence-corrected chi connectivity index (χ1v) is 16.5. The van der Waals surface area contributed by atoms with E-state index in [-0.39, 0.29) is 0 Å². The average molecular weight is 525 g/mol. The van der Waals surface area contributed by atoms with E-state index in [1.54, 1.807) is 0 Å². The van der Waals surface area contributed by atoms with Crippen LogP contribution in [0.4, 0.5) is 0 Å². The van der Waals surface area contributed by atoms with Gasteiger partial charge in [0.25, 0.3) is 0 Å². The average Bonchev–Trinajstić information content (AvgIpc) is 2.98. The third-order valence-electron chi connectivity index (χ3n) is 6.43. The first kappa shape index (κ1) is 26.9. The summed E-state index contributed by atoms with van der Waals surface area (Å²) in [7, 11) is -5.58. The third-order valence-corrected chi connectivity index (χ3v) is 12.0. The van der Waals surface area contributed by atoms with Crippen LogP contribution in [-0.2, 0) is 9.13 Å². The molecule has 4 heteroatoms. The quantitative estimate of drug-likeness (QED) is 0.139. The van der Waals surface area contributed by atoms with Crippen molar-refractivity contribution in [3.8, 4) is 0 Å². The Morgan fingerprint density at radius 2 is 0.676 bits per heavy atom. The van der Waals surface area contributed by atoms with E-state index in [1.165, 1.54) is 0 Å². The monoisotopic (exact) mass is 524 g/mol. The van der Waals surface area contributed by atoms with Gasteiger partial charge in [-0.05, 0) is 37.3 Å². The SMILES string of the molecule is O=P(/C=C/CCCCC/C=C/P(=O)(c1ccccc1)c1ccccc1)(c1ccccc1)c1ccccc1. The lowest BCUT2D eigenvalue weighted by molar-refractivity contribution is 0.591. The molecule has 4 aromatic carbocycles. The van der Waals surface area contributed by atoms with Crippen molar-refractivity contribution in [1.29, 1.82) is 0 Å². The van der Waals surface area contributed by atoms with Gasteiger partial charge in [0.2, 0.25) is 0 Å². The van der Waals surface area contributed by atoms with Crippen LogP contribution in [0.25, 0.3) is 0 Å². The molecule has 2 nitrogen and oxygen atoms in total. The summed E-state index contributed by atoms with van der Waals surface area (Å²) < 4.78 is 28.0. The number of benzene rings is 4. The van der Waals surface area contributed by atoms with Gasteiger partial charge in [0.15, 0.2) is 14.3 Å². The second-order valence-corrected chi connectivity index (χ2v) is 14.4. The molecule has 0 fully saturated rings. The smallest absolute Gasteiger partial charge is 0.163 e. The number of hydrogen-bond acceptors (Lipinski definition) is 2. The van der Waals surface area contributed by atoms with Crippen LogP contribution in [-0.4, -0.2) is 0 Å². The summed E-state index contributed by atoms with van der Waals surface area (Å²) in [6.45, 7) is 0. The molecule has 0 heterocycles. The number of unbranched alkanes of at least 4 members (excludes halogenated alkanes) is 4. The van der Waals surface area contributed by atoms with E-state index in [4.69, 9.17) is 0 Å². The minimum atomic E-state index is -2.79. The molecular weight excluding hydrogens is 490 g/mol. The van der Waals surface area contributed by atoms with Crippen LogP contribution >= 0.6 is 14.3 Å². The van der Waals surface area contributed by atoms with Gasteiger partial charge in [0, 0.05) is 21.2 Å². The van der Waals surface area contributed by atoms with Crippen LogP contribution in [0.2, 0.25) is 0 Å². The van der Waals surface area contributed by atoms with E-state index in [9.17, 15) is 9.13 Å². The van der Waals surface area contributed by atoms with Crippen molar-refractivity contribution in [3.05, 3.63) is 145 Å². The van der Waals surface area contributed by atoms with Crippen LogP contribution in [0.1, 0.15) is 32.1 Å². The molecule has 4 aromatic rings. The van der Waals surface area contributed by atoms with E-state index in [0.29, 0.717) is 0 Å². The molecule has 4 rings (SSSR count). The standard InChI is InChI=1S/C33H34O2P2/c34-36(30-20-10-6-11-21-30,31-22-12-7-13-23-31)28-18-4-2-1-3-5-19-29-37(35,32-24-14-8-15-25-32)33-26-16-9-17-27-33/h6-29H,1-5H2/b28-18+,29-19+. The van der Waals surface area contributed by atoms with Crippen molar-refractivity contribution >= 4 is 35.5 Å². The topological polar surface area (TPSA) is 34.1 Å². The predicted octanol–water partition coefficient (Wildman–Crippen LogP) is 7.99. The Morgan fingerprint density at radius 1 is 0.405 bits per heavy atom. The van der Waals surface area contributed by atoms with Crippen molar-refractivity contribution < 1.29 is 9.13 Å². The maximum absolute atomic E-state index is 14.0. The Bertz CT molecular complexity index is 1180. The molecule has 0 aliphatic rings. The fourth-order valence-electron chi connectivity index (χ4n) is 4.39. The van der Waals surface area contributed by atoms with Crippen molar-refractivity contribution in [3.63, 3.8) is 0 Å². The Labute approximate surface area is 221 Å². The molecular formula is C33H34O2P2. The molecule has 0 aliphatic carbocycles. The molecule has 0 radical (unpaired) electrons. The maximum atomic E-state index is 14.0. The fraction of sp³-hybridized carbons (Fsp3) is 0.152. The normalized spacial score (nSPS) is 12.3. The van der Waals surface area contributed by atoms with E-state index in [2.05, 4.69) is 12.2 Å². The van der Waals surface area contributed by atoms with Crippen molar-refractivity contribution in [2.75, 3.05) is 0 Å². The van der Waals surface area contributed by atoms with Gasteiger partial charge in [0.1, 0.15) is 0 Å². The highest BCUT2D eigenvalue weighted by Gasteiger charge is 2.24. The molecule has 37 heavy (non-hydrogen) atoms. The van der Waals surface area contributed by atoms with E-state index in [0.717, 1.165) is 53.3 Å². The summed E-state index contributed by atoms with van der Waals surface area (Å²) >= 11 is 0. The highest BCUT2D eigenvalue weighted by Crippen LogP contribution is 2.46. The van der Waals surface area contributed by atoms with E-state index < -0.39 is 14.3 Å². The van der Waals surface area contributed by atoms with Crippen LogP contribution in [0.3, 0.4) is 0 Å². The second kappa shape index (κ2) is 13.4. The van der Waals surface area contributed by atoms with Gasteiger partial charge in [-0.2, -0.15) is 0 Å². The van der Waals surface area contributed by atoms with E-state index >= 15 is 0 Å². The van der Waals surface area contributed by atoms with Gasteiger partial charge in [0.05, 0.1) is 0 Å². The van der Waals surface area contributed by atoms with Crippen LogP contribution < -0.4 is 21.2 Å². The minimum absolute atomic E-state index is 0.865. The Kier molecular flexibility index (Phi) is 9.72. The van der Waals surface area contributed by atoms with Gasteiger partial charge < -0.3 is 9.13 Å². The van der Waals surface area contributed by atoms with Crippen LogP contribution in [0.15, 0.2) is 145 Å². The Hall–Kier alpha value is -3.18. The fourth-order valence-corrected chi connectivity index (χ4v) is 9.02. The molecule has 0 spiro atoms. The van der Waals surface area contributed by atoms with Gasteiger partial charge in [-0.1, -0.05) is 140 Å². The van der Waals surface area contributed by atoms with Gasteiger partial charge in [-0.3, -0.25) is 0 Å². The molecule has 188 valence electrons. The predicted molar refractivity (Wildman–Crippen MR) is 161 cm³/mol. The lowest BCUT2D eigenvalue weighted by Gasteiger charge is -2.15. The Balaban J connectivity index is 1.32. The number of hydrogen-bond donors (Lipinski definition) is 0. The highest BCUT2D eigenvalue weighted by molar-refractivity contribution is 7.81. The number of rotatable bonds is 12. The van der Waals surface area contributed by atoms with Gasteiger partial charge in [-0.15, -0.1) is 0 Å². The minimum Gasteiger partial charge on any atom is -0.309 e. The molecule has 0 saturated heterocycles. The molecule has 0 atom stereocenters. The zero-order chi connectivity index (χ0) is 25.8. The van der Waals surface area contributed by atoms with Crippen LogP contribution in [0.5, 0.6) is 0 Å². The summed E-state index contributed by atoms with van der Waals surface area (Å²) in [6.07, 6.45) is 9.06. The second-order valence-electron chi connectivity index (χ2n) is 9.07. The molecule has 0 amide bonds. The summed E-state index contributed by atoms with van der Waals surface area (Å²) in [5, 5.41) is 3.46. The molecule has 0 saturated carbocycles.